The summed E-state index contributed by atoms with van der Waals surface area (Å²) in [6, 6.07) is 60.3. The Hall–Kier alpha value is -14.6. The molecule has 6 heterocycles. The van der Waals surface area contributed by atoms with Gasteiger partial charge in [0.1, 0.15) is 17.2 Å². The maximum atomic E-state index is 14.6. The quantitative estimate of drug-likeness (QED) is 0.0187. The molecule has 0 unspecified atom stereocenters. The lowest BCUT2D eigenvalue weighted by Gasteiger charge is -2.36. The van der Waals surface area contributed by atoms with Gasteiger partial charge in [-0.15, -0.1) is 0 Å². The van der Waals surface area contributed by atoms with Gasteiger partial charge in [-0.1, -0.05) is 195 Å². The van der Waals surface area contributed by atoms with Gasteiger partial charge in [0.05, 0.1) is 110 Å². The van der Waals surface area contributed by atoms with Crippen molar-refractivity contribution in [1.82, 2.24) is 58.7 Å². The number of hydrogen-bond acceptors (Lipinski definition) is 18. The topological polar surface area (TPSA) is 362 Å². The highest BCUT2D eigenvalue weighted by Crippen LogP contribution is 2.36. The first-order valence-corrected chi connectivity index (χ1v) is 52.0. The highest BCUT2D eigenvalue weighted by molar-refractivity contribution is 6.32. The molecule has 30 nitrogen and oxygen atoms in total. The van der Waals surface area contributed by atoms with E-state index < -0.39 is 18.1 Å². The van der Waals surface area contributed by atoms with Crippen molar-refractivity contribution in [2.24, 2.45) is 0 Å². The largest absolute Gasteiger partial charge is 0.508 e. The molecular weight excluding hydrogens is 1890 g/mol. The summed E-state index contributed by atoms with van der Waals surface area (Å²) in [7, 11) is 3.14. The molecule has 0 saturated carbocycles. The number of ether oxygens (including phenoxy) is 2. The zero-order chi connectivity index (χ0) is 106. The third-order valence-corrected chi connectivity index (χ3v) is 27.6. The van der Waals surface area contributed by atoms with E-state index >= 15 is 0 Å². The predicted molar refractivity (Wildman–Crippen MR) is 576 cm³/mol. The molecule has 3 aromatic heterocycles. The number of halogens is 1. The SMILES string of the molecule is CCCCN(CCCC)C(=O)c1cc(C)n(-c2ccc(NC(=O)Cc3ccc(O)cc3)cc2C(=O)N2Cc3ccccc3C[C@H]2CO)n1.CCCCN(CCCC)C(=O)c1cc(C)n(-c2ccc(NC(=O)Cc3ccc(OC)c(C)c3)cc2C(=O)N2Cc3ccccc3C[C@H]2CO)n1.CCCCN(CCCC)C(=O)c1cc(C)n(-c2ccc(NC(=O)Cc3ccc(OC)c(Cl)c3)cc2C(=O)N2Cc3ccccc3C[C@H]2CO)n1. The number of aromatic nitrogens is 6. The lowest BCUT2D eigenvalue weighted by molar-refractivity contribution is -0.116. The molecule has 780 valence electrons. The fourth-order valence-electron chi connectivity index (χ4n) is 19.0. The first-order valence-electron chi connectivity index (χ1n) is 51.7. The number of aryl methyl sites for hydroxylation is 4. The number of carbonyl (C=O) groups is 9. The molecule has 0 spiro atoms. The van der Waals surface area contributed by atoms with Gasteiger partial charge in [0, 0.05) is 93.0 Å². The summed E-state index contributed by atoms with van der Waals surface area (Å²) in [5.41, 5.74) is 16.2. The average Bonchev–Trinajstić information content (AvgIpc) is 1.75. The first-order chi connectivity index (χ1) is 71.5. The second-order valence-electron chi connectivity index (χ2n) is 38.3. The van der Waals surface area contributed by atoms with Crippen LogP contribution < -0.4 is 25.4 Å². The predicted octanol–water partition coefficient (Wildman–Crippen LogP) is 18.6. The van der Waals surface area contributed by atoms with Crippen LogP contribution in [0.4, 0.5) is 17.1 Å². The van der Waals surface area contributed by atoms with Gasteiger partial charge < -0.3 is 75.2 Å². The van der Waals surface area contributed by atoms with Gasteiger partial charge in [-0.3, -0.25) is 43.2 Å². The van der Waals surface area contributed by atoms with Gasteiger partial charge in [0.25, 0.3) is 35.4 Å². The Balaban J connectivity index is 0.000000185. The minimum Gasteiger partial charge on any atom is -0.508 e. The number of methoxy groups -OCH3 is 2. The van der Waals surface area contributed by atoms with Crippen molar-refractivity contribution in [1.29, 1.82) is 0 Å². The standard InChI is InChI=1S/C40H49N5O5.C39H46ClN5O5.C38H45N5O5/c1-6-8-18-43(19-9-7-2)40(49)35-21-28(4)45(42-35)36-16-15-32(41-38(47)22-29-14-17-37(50-5)27(3)20-29)24-34(36)39(48)44-25-31-13-11-10-12-30(31)23-33(44)26-46;1-5-7-17-43(18-8-6-2)39(49)34-19-26(3)45(42-34)35-15-14-30(41-37(47)21-27-13-16-36(50-4)33(40)20-27)23-32(35)38(48)44-24-29-12-10-9-11-28(29)22-31(44)25-46;1-4-6-18-41(19-7-5-2)38(48)34-20-26(3)43(40-34)35-17-14-30(39-36(46)21-27-12-15-32(45)16-13-27)23-33(35)37(47)42-24-29-11-9-8-10-28(29)22-31(42)25-44/h10-17,20-21,24,33,46H,6-9,18-19,22-23,25-26H2,1-5H3,(H,41,47);9-16,19-20,23,31,46H,5-8,17-18,21-22,24-25H2,1-4H3,(H,41,47);8-17,20,23,31,44-45H,4-7,18-19,21-22,24-25H2,1-3H3,(H,39,46)/t33-;2*31-/m000/s1. The third kappa shape index (κ3) is 27.8. The van der Waals surface area contributed by atoms with E-state index in [9.17, 15) is 63.6 Å². The van der Waals surface area contributed by atoms with Crippen LogP contribution in [-0.4, -0.2) is 224 Å². The molecule has 15 rings (SSSR count). The van der Waals surface area contributed by atoms with Crippen LogP contribution in [0.5, 0.6) is 17.2 Å². The summed E-state index contributed by atoms with van der Waals surface area (Å²) in [6.07, 6.45) is 13.1. The molecule has 12 aromatic rings. The number of benzene rings is 9. The Morgan fingerprint density at radius 1 is 0.358 bits per heavy atom. The Morgan fingerprint density at radius 3 is 0.926 bits per heavy atom. The molecule has 0 fully saturated rings. The molecule has 3 aliphatic heterocycles. The Kier molecular flexibility index (Phi) is 39.7. The monoisotopic (exact) mass is 2030 g/mol. The highest BCUT2D eigenvalue weighted by atomic mass is 35.5. The van der Waals surface area contributed by atoms with Gasteiger partial charge in [0.15, 0.2) is 17.1 Å². The molecule has 0 bridgehead atoms. The summed E-state index contributed by atoms with van der Waals surface area (Å²) in [6.45, 7) is 24.4. The summed E-state index contributed by atoms with van der Waals surface area (Å²) in [5.74, 6) is -0.768. The average molecular weight is 2030 g/mol. The fourth-order valence-corrected chi connectivity index (χ4v) is 19.3. The smallest absolute Gasteiger partial charge is 0.274 e. The van der Waals surface area contributed by atoms with E-state index in [-0.39, 0.29) is 109 Å². The van der Waals surface area contributed by atoms with Crippen LogP contribution >= 0.6 is 11.6 Å². The summed E-state index contributed by atoms with van der Waals surface area (Å²) < 4.78 is 15.4. The molecule has 3 atom stereocenters. The van der Waals surface area contributed by atoms with E-state index in [0.29, 0.717) is 168 Å². The van der Waals surface area contributed by atoms with E-state index in [1.165, 1.54) is 19.2 Å². The number of anilines is 3. The first kappa shape index (κ1) is 111. The van der Waals surface area contributed by atoms with Crippen molar-refractivity contribution < 1.29 is 73.1 Å². The van der Waals surface area contributed by atoms with Crippen LogP contribution in [0, 0.1) is 27.7 Å². The number of amides is 9. The minimum atomic E-state index is -0.440. The maximum absolute atomic E-state index is 14.6. The second-order valence-corrected chi connectivity index (χ2v) is 38.7. The number of aliphatic hydroxyl groups excluding tert-OH is 3. The van der Waals surface area contributed by atoms with E-state index in [2.05, 4.69) is 57.5 Å². The van der Waals surface area contributed by atoms with Gasteiger partial charge >= 0.3 is 0 Å². The summed E-state index contributed by atoms with van der Waals surface area (Å²) in [5, 5.41) is 64.2. The Bertz CT molecular complexity index is 6380. The molecule has 3 aliphatic rings. The maximum Gasteiger partial charge on any atom is 0.274 e. The lowest BCUT2D eigenvalue weighted by atomic mass is 9.93. The van der Waals surface area contributed by atoms with E-state index in [0.717, 1.165) is 133 Å². The number of nitrogens with zero attached hydrogens (tertiary/aromatic N) is 12. The number of rotatable bonds is 41. The number of hydrogen-bond donors (Lipinski definition) is 7. The molecule has 0 saturated heterocycles. The molecular formula is C117H140ClN15O15. The minimum absolute atomic E-state index is 0.0561. The molecule has 31 heteroatoms. The molecule has 7 N–H and O–H groups in total. The molecule has 0 aliphatic carbocycles. The van der Waals surface area contributed by atoms with Crippen molar-refractivity contribution in [2.75, 3.05) is 89.3 Å². The summed E-state index contributed by atoms with van der Waals surface area (Å²) >= 11 is 6.28. The highest BCUT2D eigenvalue weighted by Gasteiger charge is 2.38. The fraction of sp³-hybridized carbons (Fsp3) is 0.385. The van der Waals surface area contributed by atoms with Crippen molar-refractivity contribution >= 4 is 81.8 Å². The number of fused-ring (bicyclic) bond motifs is 3. The zero-order valence-corrected chi connectivity index (χ0v) is 87.9. The van der Waals surface area contributed by atoms with Gasteiger partial charge in [-0.05, 0) is 244 Å². The van der Waals surface area contributed by atoms with E-state index in [1.54, 1.807) is 139 Å². The van der Waals surface area contributed by atoms with Gasteiger partial charge in [0.2, 0.25) is 17.7 Å². The Labute approximate surface area is 872 Å². The number of carbonyl (C=O) groups excluding carboxylic acids is 9. The van der Waals surface area contributed by atoms with Crippen LogP contribution in [-0.2, 0) is 72.5 Å². The number of phenols is 1. The van der Waals surface area contributed by atoms with Crippen LogP contribution in [0.15, 0.2) is 206 Å². The number of unbranched alkanes of at least 4 members (excludes halogenated alkanes) is 6. The number of phenolic OH excluding ortho intramolecular Hbond substituents is 1. The Morgan fingerprint density at radius 2 is 0.642 bits per heavy atom. The number of nitrogens with one attached hydrogen (secondary N) is 3. The van der Waals surface area contributed by atoms with Crippen molar-refractivity contribution in [3.63, 3.8) is 0 Å². The summed E-state index contributed by atoms with van der Waals surface area (Å²) in [4.78, 5) is 135. The van der Waals surface area contributed by atoms with Crippen molar-refractivity contribution in [3.05, 3.63) is 318 Å². The van der Waals surface area contributed by atoms with Crippen molar-refractivity contribution in [3.8, 4) is 34.3 Å². The van der Waals surface area contributed by atoms with Gasteiger partial charge in [-0.2, -0.15) is 15.3 Å². The molecule has 0 radical (unpaired) electrons. The molecule has 148 heavy (non-hydrogen) atoms. The van der Waals surface area contributed by atoms with Crippen LogP contribution in [0.3, 0.4) is 0 Å². The van der Waals surface area contributed by atoms with E-state index in [1.807, 2.05) is 133 Å². The van der Waals surface area contributed by atoms with Gasteiger partial charge in [-0.25, -0.2) is 14.0 Å². The van der Waals surface area contributed by atoms with E-state index in [4.69, 9.17) is 36.4 Å². The number of aliphatic hydroxyl groups is 3. The second kappa shape index (κ2) is 53.2. The van der Waals surface area contributed by atoms with Crippen LogP contribution in [0.2, 0.25) is 5.02 Å². The molecule has 9 amide bonds. The third-order valence-electron chi connectivity index (χ3n) is 27.3. The van der Waals surface area contributed by atoms with Crippen molar-refractivity contribution in [2.45, 2.75) is 223 Å². The normalized spacial score (nSPS) is 13.9. The number of aromatic hydroxyl groups is 1. The van der Waals surface area contributed by atoms with Crippen LogP contribution in [0.25, 0.3) is 17.1 Å². The lowest BCUT2D eigenvalue weighted by Crippen LogP contribution is -2.46. The van der Waals surface area contributed by atoms with Crippen LogP contribution in [0.1, 0.15) is 254 Å². The molecule has 9 aromatic carbocycles. The zero-order valence-electron chi connectivity index (χ0n) is 87.1.